The second kappa shape index (κ2) is 6.64. The van der Waals surface area contributed by atoms with E-state index in [-0.39, 0.29) is 0 Å². The van der Waals surface area contributed by atoms with Crippen LogP contribution in [0.2, 0.25) is 0 Å². The SMILES string of the molecule is C1=CC2=Nc3cccc[n+]3[B-]3(Oc4ccccc4)N2C(=C1)c1cccc2c1N3c1ccccc1O2. The molecule has 4 aromatic rings. The molecule has 166 valence electrons. The second-order valence-electron chi connectivity index (χ2n) is 8.90. The largest absolute Gasteiger partial charge is 0.641 e. The summed E-state index contributed by atoms with van der Waals surface area (Å²) in [6.45, 7) is -2.12. The van der Waals surface area contributed by atoms with Crippen LogP contribution in [-0.4, -0.2) is 17.4 Å². The summed E-state index contributed by atoms with van der Waals surface area (Å²) in [5.74, 6) is 4.03. The first-order valence-corrected chi connectivity index (χ1v) is 11.7. The molecule has 1 aromatic heterocycles. The average Bonchev–Trinajstić information content (AvgIpc) is 2.91. The van der Waals surface area contributed by atoms with Crippen LogP contribution in [0.25, 0.3) is 5.70 Å². The molecule has 0 fully saturated rings. The van der Waals surface area contributed by atoms with Crippen molar-refractivity contribution in [3.63, 3.8) is 0 Å². The number of hydrogen-bond donors (Lipinski definition) is 0. The van der Waals surface area contributed by atoms with E-state index in [1.807, 2.05) is 84.9 Å². The summed E-state index contributed by atoms with van der Waals surface area (Å²) in [7, 11) is 0. The molecule has 7 heteroatoms. The van der Waals surface area contributed by atoms with Gasteiger partial charge in [0.25, 0.3) is 5.82 Å². The van der Waals surface area contributed by atoms with Crippen molar-refractivity contribution in [1.29, 1.82) is 0 Å². The molecule has 0 bridgehead atoms. The molecular formula is C28H19BN4O2. The number of aliphatic imine (C=N–C) groups is 1. The zero-order valence-electron chi connectivity index (χ0n) is 18.7. The predicted octanol–water partition coefficient (Wildman–Crippen LogP) is 5.55. The molecule has 1 atom stereocenters. The number of para-hydroxylation sites is 4. The first-order valence-electron chi connectivity index (χ1n) is 11.7. The topological polar surface area (TPSA) is 41.2 Å². The maximum Gasteiger partial charge on any atom is 0.595 e. The minimum absolute atomic E-state index is 0.773. The molecular weight excluding hydrogens is 435 g/mol. The van der Waals surface area contributed by atoms with Gasteiger partial charge in [0.05, 0.1) is 17.1 Å². The molecule has 5 heterocycles. The molecule has 3 aromatic carbocycles. The number of fused-ring (bicyclic) bond motifs is 6. The first-order chi connectivity index (χ1) is 17.3. The quantitative estimate of drug-likeness (QED) is 0.373. The minimum atomic E-state index is -2.12. The fourth-order valence-electron chi connectivity index (χ4n) is 5.72. The maximum atomic E-state index is 7.18. The normalized spacial score (nSPS) is 19.9. The number of rotatable bonds is 2. The summed E-state index contributed by atoms with van der Waals surface area (Å²) in [5.41, 5.74) is 4.03. The van der Waals surface area contributed by atoms with E-state index >= 15 is 0 Å². The smallest absolute Gasteiger partial charge is 0.595 e. The van der Waals surface area contributed by atoms with Crippen molar-refractivity contribution in [2.24, 2.45) is 4.99 Å². The lowest BCUT2D eigenvalue weighted by Crippen LogP contribution is -2.88. The number of anilines is 2. The standard InChI is InChI=1S/C28H19BN4O2/c1-2-10-20(11-3-1)35-29-31-19-7-6-17-26(31)30-27-18-9-14-22(32(27)29)21-12-8-16-25-28(21)33(29)23-13-4-5-15-24(23)34-25/h1-19H. The van der Waals surface area contributed by atoms with Gasteiger partial charge in [-0.2, -0.15) is 0 Å². The summed E-state index contributed by atoms with van der Waals surface area (Å²) in [5, 5.41) is 0. The van der Waals surface area contributed by atoms with E-state index in [4.69, 9.17) is 14.4 Å². The second-order valence-corrected chi connectivity index (χ2v) is 8.90. The summed E-state index contributed by atoms with van der Waals surface area (Å²) in [4.78, 5) is 9.59. The highest BCUT2D eigenvalue weighted by Crippen LogP contribution is 2.56. The van der Waals surface area contributed by atoms with Crippen LogP contribution in [0.1, 0.15) is 5.56 Å². The van der Waals surface area contributed by atoms with Gasteiger partial charge in [0.2, 0.25) is 5.84 Å². The van der Waals surface area contributed by atoms with Crippen molar-refractivity contribution in [2.45, 2.75) is 0 Å². The van der Waals surface area contributed by atoms with Gasteiger partial charge in [-0.15, -0.1) is 0 Å². The third-order valence-corrected chi connectivity index (χ3v) is 7.04. The van der Waals surface area contributed by atoms with Crippen LogP contribution in [0.15, 0.2) is 120 Å². The number of ether oxygens (including phenoxy) is 1. The third kappa shape index (κ3) is 2.34. The highest BCUT2D eigenvalue weighted by Gasteiger charge is 2.61. The highest BCUT2D eigenvalue weighted by molar-refractivity contribution is 6.75. The van der Waals surface area contributed by atoms with Gasteiger partial charge in [0.1, 0.15) is 11.5 Å². The van der Waals surface area contributed by atoms with Gasteiger partial charge in [0, 0.05) is 29.6 Å². The zero-order chi connectivity index (χ0) is 23.0. The van der Waals surface area contributed by atoms with Crippen molar-refractivity contribution >= 4 is 35.5 Å². The Hall–Kier alpha value is -4.78. The number of allylic oxidation sites excluding steroid dienone is 2. The number of pyridine rings is 1. The highest BCUT2D eigenvalue weighted by atomic mass is 16.5. The molecule has 35 heavy (non-hydrogen) atoms. The zero-order valence-corrected chi connectivity index (χ0v) is 18.7. The van der Waals surface area contributed by atoms with E-state index in [0.29, 0.717) is 0 Å². The number of amidine groups is 1. The van der Waals surface area contributed by atoms with E-state index in [9.17, 15) is 0 Å². The van der Waals surface area contributed by atoms with Crippen molar-refractivity contribution in [3.05, 3.63) is 121 Å². The minimum Gasteiger partial charge on any atom is -0.641 e. The van der Waals surface area contributed by atoms with Gasteiger partial charge in [0.15, 0.2) is 0 Å². The summed E-state index contributed by atoms with van der Waals surface area (Å²) < 4.78 is 15.8. The van der Waals surface area contributed by atoms with Crippen molar-refractivity contribution < 1.29 is 13.9 Å². The lowest BCUT2D eigenvalue weighted by molar-refractivity contribution is -0.553. The molecule has 0 saturated carbocycles. The number of benzene rings is 3. The van der Waals surface area contributed by atoms with Gasteiger partial charge in [-0.25, -0.2) is 0 Å². The molecule has 8 rings (SSSR count). The van der Waals surface area contributed by atoms with Crippen LogP contribution in [0.4, 0.5) is 17.2 Å². The van der Waals surface area contributed by atoms with Crippen LogP contribution in [0, 0.1) is 0 Å². The molecule has 1 unspecified atom stereocenters. The molecule has 4 aliphatic rings. The summed E-state index contributed by atoms with van der Waals surface area (Å²) in [6.07, 6.45) is 8.29. The molecule has 4 aliphatic heterocycles. The Bertz CT molecular complexity index is 1630. The Morgan fingerprint density at radius 3 is 2.57 bits per heavy atom. The lowest BCUT2D eigenvalue weighted by Gasteiger charge is -2.60. The van der Waals surface area contributed by atoms with Crippen LogP contribution < -0.4 is 18.7 Å². The van der Waals surface area contributed by atoms with Gasteiger partial charge >= 0.3 is 6.75 Å². The monoisotopic (exact) mass is 454 g/mol. The molecule has 0 saturated heterocycles. The Balaban J connectivity index is 1.55. The Morgan fingerprint density at radius 1 is 0.800 bits per heavy atom. The lowest BCUT2D eigenvalue weighted by atomic mass is 9.66. The molecule has 0 N–H and O–H groups in total. The predicted molar refractivity (Wildman–Crippen MR) is 136 cm³/mol. The fraction of sp³-hybridized carbons (Fsp3) is 0. The Morgan fingerprint density at radius 2 is 1.63 bits per heavy atom. The van der Waals surface area contributed by atoms with Gasteiger partial charge in [-0.3, -0.25) is 0 Å². The molecule has 0 spiro atoms. The Kier molecular flexibility index (Phi) is 3.53. The van der Waals surface area contributed by atoms with E-state index in [1.54, 1.807) is 0 Å². The van der Waals surface area contributed by atoms with Crippen LogP contribution in [0.5, 0.6) is 17.2 Å². The molecule has 6 nitrogen and oxygen atoms in total. The van der Waals surface area contributed by atoms with Crippen LogP contribution in [0.3, 0.4) is 0 Å². The van der Waals surface area contributed by atoms with E-state index in [0.717, 1.165) is 51.5 Å². The number of hydrogen-bond acceptors (Lipinski definition) is 5. The third-order valence-electron chi connectivity index (χ3n) is 7.04. The fourth-order valence-corrected chi connectivity index (χ4v) is 5.72. The Labute approximate surface area is 202 Å². The van der Waals surface area contributed by atoms with Crippen LogP contribution in [-0.2, 0) is 0 Å². The molecule has 0 radical (unpaired) electrons. The first kappa shape index (κ1) is 18.6. The van der Waals surface area contributed by atoms with Gasteiger partial charge in [-0.1, -0.05) is 54.6 Å². The van der Waals surface area contributed by atoms with Crippen molar-refractivity contribution in [2.75, 3.05) is 4.81 Å². The van der Waals surface area contributed by atoms with Gasteiger partial charge < -0.3 is 23.5 Å². The molecule has 0 amide bonds. The van der Waals surface area contributed by atoms with Crippen molar-refractivity contribution in [1.82, 2.24) is 4.81 Å². The number of nitrogens with zero attached hydrogens (tertiary/aromatic N) is 4. The average molecular weight is 454 g/mol. The molecule has 0 aliphatic carbocycles. The number of aromatic nitrogens is 1. The summed E-state index contributed by atoms with van der Waals surface area (Å²) >= 11 is 0. The summed E-state index contributed by atoms with van der Waals surface area (Å²) in [6, 6.07) is 30.4. The maximum absolute atomic E-state index is 7.18. The van der Waals surface area contributed by atoms with Crippen LogP contribution >= 0.6 is 0 Å². The van der Waals surface area contributed by atoms with E-state index < -0.39 is 6.75 Å². The van der Waals surface area contributed by atoms with Gasteiger partial charge in [-0.05, 0) is 47.5 Å². The van der Waals surface area contributed by atoms with E-state index in [2.05, 4.69) is 44.6 Å². The van der Waals surface area contributed by atoms with Crippen molar-refractivity contribution in [3.8, 4) is 17.2 Å². The van der Waals surface area contributed by atoms with E-state index in [1.165, 1.54) is 0 Å².